The SMILES string of the molecule is CC(O)(c1cc(F)c(C(=O)c2ccc(Cl)cc2)c(C(=O)O)c1)C1CCCCC1. The molecule has 148 valence electrons. The third-order valence-electron chi connectivity index (χ3n) is 5.64. The van der Waals surface area contributed by atoms with Crippen molar-refractivity contribution in [3.63, 3.8) is 0 Å². The van der Waals surface area contributed by atoms with E-state index in [9.17, 15) is 24.2 Å². The average Bonchev–Trinajstić information content (AvgIpc) is 2.68. The molecule has 0 amide bonds. The summed E-state index contributed by atoms with van der Waals surface area (Å²) in [5.74, 6) is -3.20. The first-order valence-electron chi connectivity index (χ1n) is 9.31. The monoisotopic (exact) mass is 404 g/mol. The average molecular weight is 405 g/mol. The van der Waals surface area contributed by atoms with E-state index in [-0.39, 0.29) is 17.0 Å². The molecule has 0 radical (unpaired) electrons. The second-order valence-electron chi connectivity index (χ2n) is 7.50. The molecule has 3 rings (SSSR count). The summed E-state index contributed by atoms with van der Waals surface area (Å²) in [5.41, 5.74) is -2.02. The standard InChI is InChI=1S/C22H22ClFO4/c1-22(28,14-5-3-2-4-6-14)15-11-17(21(26)27)19(18(24)12-15)20(25)13-7-9-16(23)10-8-13/h7-12,14,28H,2-6H2,1H3,(H,26,27). The van der Waals surface area contributed by atoms with Crippen molar-refractivity contribution in [2.24, 2.45) is 5.92 Å². The molecule has 0 spiro atoms. The largest absolute Gasteiger partial charge is 0.478 e. The second kappa shape index (κ2) is 8.02. The fourth-order valence-corrected chi connectivity index (χ4v) is 4.07. The molecule has 1 atom stereocenters. The molecule has 1 unspecified atom stereocenters. The lowest BCUT2D eigenvalue weighted by Gasteiger charge is -2.36. The van der Waals surface area contributed by atoms with Gasteiger partial charge in [-0.05, 0) is 67.6 Å². The minimum atomic E-state index is -1.42. The van der Waals surface area contributed by atoms with Crippen molar-refractivity contribution < 1.29 is 24.2 Å². The first-order valence-corrected chi connectivity index (χ1v) is 9.69. The number of ketones is 1. The number of hydrogen-bond acceptors (Lipinski definition) is 3. The van der Waals surface area contributed by atoms with Gasteiger partial charge in [0.2, 0.25) is 0 Å². The van der Waals surface area contributed by atoms with E-state index in [0.717, 1.165) is 38.2 Å². The molecular formula is C22H22ClFO4. The summed E-state index contributed by atoms with van der Waals surface area (Å²) in [6.45, 7) is 1.59. The van der Waals surface area contributed by atoms with Crippen molar-refractivity contribution in [2.75, 3.05) is 0 Å². The molecule has 0 saturated heterocycles. The summed E-state index contributed by atoms with van der Waals surface area (Å²) >= 11 is 5.81. The van der Waals surface area contributed by atoms with Gasteiger partial charge in [-0.3, -0.25) is 4.79 Å². The molecule has 0 aromatic heterocycles. The van der Waals surface area contributed by atoms with E-state index in [2.05, 4.69) is 0 Å². The highest BCUT2D eigenvalue weighted by molar-refractivity contribution is 6.30. The van der Waals surface area contributed by atoms with Gasteiger partial charge in [0, 0.05) is 10.6 Å². The van der Waals surface area contributed by atoms with Gasteiger partial charge in [0.15, 0.2) is 5.78 Å². The quantitative estimate of drug-likeness (QED) is 0.672. The molecule has 0 aliphatic heterocycles. The lowest BCUT2D eigenvalue weighted by atomic mass is 9.74. The molecule has 6 heteroatoms. The summed E-state index contributed by atoms with van der Waals surface area (Å²) < 4.78 is 15.0. The highest BCUT2D eigenvalue weighted by Crippen LogP contribution is 2.40. The normalized spacial score (nSPS) is 17.1. The van der Waals surface area contributed by atoms with E-state index in [1.54, 1.807) is 6.92 Å². The van der Waals surface area contributed by atoms with Gasteiger partial charge in [0.05, 0.1) is 16.7 Å². The van der Waals surface area contributed by atoms with Crippen molar-refractivity contribution in [3.8, 4) is 0 Å². The molecule has 1 aliphatic carbocycles. The number of halogens is 2. The Kier molecular flexibility index (Phi) is 5.87. The Morgan fingerprint density at radius 2 is 1.71 bits per heavy atom. The van der Waals surface area contributed by atoms with Crippen molar-refractivity contribution in [1.82, 2.24) is 0 Å². The van der Waals surface area contributed by atoms with E-state index in [4.69, 9.17) is 11.6 Å². The van der Waals surface area contributed by atoms with Gasteiger partial charge in [0.25, 0.3) is 0 Å². The number of benzene rings is 2. The zero-order valence-electron chi connectivity index (χ0n) is 15.5. The molecule has 2 aromatic carbocycles. The topological polar surface area (TPSA) is 74.6 Å². The summed E-state index contributed by atoms with van der Waals surface area (Å²) in [7, 11) is 0. The van der Waals surface area contributed by atoms with Crippen LogP contribution in [-0.4, -0.2) is 22.0 Å². The highest BCUT2D eigenvalue weighted by Gasteiger charge is 2.36. The minimum Gasteiger partial charge on any atom is -0.478 e. The summed E-state index contributed by atoms with van der Waals surface area (Å²) in [6, 6.07) is 8.11. The number of carbonyl (C=O) groups excluding carboxylic acids is 1. The Labute approximate surface area is 168 Å². The van der Waals surface area contributed by atoms with E-state index < -0.39 is 34.3 Å². The number of hydrogen-bond donors (Lipinski definition) is 2. The van der Waals surface area contributed by atoms with Gasteiger partial charge in [-0.1, -0.05) is 30.9 Å². The van der Waals surface area contributed by atoms with Gasteiger partial charge in [-0.15, -0.1) is 0 Å². The van der Waals surface area contributed by atoms with Gasteiger partial charge in [-0.25, -0.2) is 9.18 Å². The summed E-state index contributed by atoms with van der Waals surface area (Å²) in [5, 5.41) is 21.1. The molecule has 1 aliphatic rings. The van der Waals surface area contributed by atoms with Crippen LogP contribution >= 0.6 is 11.6 Å². The van der Waals surface area contributed by atoms with Gasteiger partial charge in [-0.2, -0.15) is 0 Å². The van der Waals surface area contributed by atoms with Crippen LogP contribution in [0.25, 0.3) is 0 Å². The number of carboxylic acids is 1. The Morgan fingerprint density at radius 3 is 2.29 bits per heavy atom. The smallest absolute Gasteiger partial charge is 0.336 e. The van der Waals surface area contributed by atoms with Gasteiger partial charge >= 0.3 is 5.97 Å². The number of aliphatic hydroxyl groups is 1. The molecule has 28 heavy (non-hydrogen) atoms. The van der Waals surface area contributed by atoms with E-state index in [0.29, 0.717) is 5.02 Å². The molecule has 1 fully saturated rings. The molecular weight excluding hydrogens is 383 g/mol. The lowest BCUT2D eigenvalue weighted by molar-refractivity contribution is -0.0218. The number of carbonyl (C=O) groups is 2. The number of carboxylic acid groups (broad SMARTS) is 1. The van der Waals surface area contributed by atoms with Crippen LogP contribution in [0.1, 0.15) is 70.9 Å². The predicted molar refractivity (Wildman–Crippen MR) is 104 cm³/mol. The fraction of sp³-hybridized carbons (Fsp3) is 0.364. The lowest BCUT2D eigenvalue weighted by Crippen LogP contribution is -2.34. The third kappa shape index (κ3) is 3.96. The molecule has 4 nitrogen and oxygen atoms in total. The van der Waals surface area contributed by atoms with E-state index >= 15 is 0 Å². The van der Waals surface area contributed by atoms with Crippen LogP contribution in [0.4, 0.5) is 4.39 Å². The molecule has 1 saturated carbocycles. The Balaban J connectivity index is 2.06. The first kappa shape index (κ1) is 20.5. The van der Waals surface area contributed by atoms with E-state index in [1.165, 1.54) is 30.3 Å². The Morgan fingerprint density at radius 1 is 1.11 bits per heavy atom. The fourth-order valence-electron chi connectivity index (χ4n) is 3.94. The van der Waals surface area contributed by atoms with Crippen LogP contribution in [0.15, 0.2) is 36.4 Å². The van der Waals surface area contributed by atoms with Crippen molar-refractivity contribution in [1.29, 1.82) is 0 Å². The van der Waals surface area contributed by atoms with Crippen LogP contribution in [-0.2, 0) is 5.60 Å². The second-order valence-corrected chi connectivity index (χ2v) is 7.94. The molecule has 2 N–H and O–H groups in total. The maximum absolute atomic E-state index is 15.0. The molecule has 0 heterocycles. The molecule has 0 bridgehead atoms. The maximum Gasteiger partial charge on any atom is 0.336 e. The van der Waals surface area contributed by atoms with Gasteiger partial charge < -0.3 is 10.2 Å². The highest BCUT2D eigenvalue weighted by atomic mass is 35.5. The van der Waals surface area contributed by atoms with Crippen LogP contribution in [0, 0.1) is 11.7 Å². The predicted octanol–water partition coefficient (Wildman–Crippen LogP) is 5.20. The minimum absolute atomic E-state index is 0.0832. The summed E-state index contributed by atoms with van der Waals surface area (Å²) in [4.78, 5) is 24.6. The Bertz CT molecular complexity index is 899. The van der Waals surface area contributed by atoms with E-state index in [1.807, 2.05) is 0 Å². The molecule has 2 aromatic rings. The van der Waals surface area contributed by atoms with Crippen molar-refractivity contribution >= 4 is 23.4 Å². The maximum atomic E-state index is 15.0. The number of aromatic carboxylic acids is 1. The van der Waals surface area contributed by atoms with Gasteiger partial charge in [0.1, 0.15) is 5.82 Å². The van der Waals surface area contributed by atoms with Crippen molar-refractivity contribution in [3.05, 3.63) is 69.5 Å². The zero-order valence-corrected chi connectivity index (χ0v) is 16.3. The van der Waals surface area contributed by atoms with Crippen LogP contribution < -0.4 is 0 Å². The Hall–Kier alpha value is -2.24. The van der Waals surface area contributed by atoms with Crippen LogP contribution in [0.2, 0.25) is 5.02 Å². The third-order valence-corrected chi connectivity index (χ3v) is 5.89. The zero-order chi connectivity index (χ0) is 20.5. The summed E-state index contributed by atoms with van der Waals surface area (Å²) in [6.07, 6.45) is 4.63. The van der Waals surface area contributed by atoms with Crippen LogP contribution in [0.3, 0.4) is 0 Å². The first-order chi connectivity index (χ1) is 13.2. The number of rotatable bonds is 5. The van der Waals surface area contributed by atoms with Crippen LogP contribution in [0.5, 0.6) is 0 Å². The van der Waals surface area contributed by atoms with Crippen molar-refractivity contribution in [2.45, 2.75) is 44.6 Å².